The van der Waals surface area contributed by atoms with Crippen molar-refractivity contribution in [1.29, 1.82) is 0 Å². The Morgan fingerprint density at radius 2 is 1.91 bits per heavy atom. The summed E-state index contributed by atoms with van der Waals surface area (Å²) in [6, 6.07) is 14.9. The number of phenols is 1. The molecule has 23 heavy (non-hydrogen) atoms. The minimum atomic E-state index is -3.15. The van der Waals surface area contributed by atoms with Crippen LogP contribution in [0.4, 0.5) is 5.69 Å². The number of anilines is 1. The van der Waals surface area contributed by atoms with Crippen LogP contribution in [0.2, 0.25) is 5.02 Å². The third-order valence-corrected chi connectivity index (χ3v) is 8.49. The van der Waals surface area contributed by atoms with Crippen molar-refractivity contribution in [1.82, 2.24) is 4.67 Å². The number of para-hydroxylation sites is 1. The van der Waals surface area contributed by atoms with Crippen LogP contribution < -0.4 is 9.97 Å². The molecule has 2 heterocycles. The van der Waals surface area contributed by atoms with Crippen LogP contribution in [0.1, 0.15) is 12.8 Å². The number of rotatable bonds is 2. The predicted molar refractivity (Wildman–Crippen MR) is 93.9 cm³/mol. The van der Waals surface area contributed by atoms with E-state index in [2.05, 4.69) is 4.67 Å². The first-order valence-electron chi connectivity index (χ1n) is 7.80. The van der Waals surface area contributed by atoms with Gasteiger partial charge in [-0.2, -0.15) is 0 Å². The van der Waals surface area contributed by atoms with Crippen LogP contribution in [-0.4, -0.2) is 28.9 Å². The molecule has 2 aromatic rings. The fraction of sp³-hybridized carbons (Fsp3) is 0.294. The first-order chi connectivity index (χ1) is 11.1. The lowest BCUT2D eigenvalue weighted by Crippen LogP contribution is -2.28. The van der Waals surface area contributed by atoms with E-state index in [4.69, 9.17) is 11.6 Å². The first kappa shape index (κ1) is 15.1. The van der Waals surface area contributed by atoms with E-state index in [9.17, 15) is 9.67 Å². The Morgan fingerprint density at radius 3 is 2.65 bits per heavy atom. The van der Waals surface area contributed by atoms with Crippen molar-refractivity contribution in [2.24, 2.45) is 0 Å². The molecule has 0 unspecified atom stereocenters. The molecule has 0 radical (unpaired) electrons. The molecule has 0 aliphatic carbocycles. The second kappa shape index (κ2) is 5.55. The number of aromatic hydroxyl groups is 1. The van der Waals surface area contributed by atoms with Gasteiger partial charge in [0.05, 0.1) is 5.02 Å². The van der Waals surface area contributed by atoms with E-state index in [0.717, 1.165) is 25.1 Å². The smallest absolute Gasteiger partial charge is 0.274 e. The van der Waals surface area contributed by atoms with Gasteiger partial charge in [-0.3, -0.25) is 4.57 Å². The van der Waals surface area contributed by atoms with Gasteiger partial charge in [-0.15, -0.1) is 0 Å². The number of benzene rings is 2. The van der Waals surface area contributed by atoms with Crippen LogP contribution in [0.25, 0.3) is 0 Å². The van der Waals surface area contributed by atoms with Gasteiger partial charge in [-0.05, 0) is 37.1 Å². The summed E-state index contributed by atoms with van der Waals surface area (Å²) in [7, 11) is -3.15. The van der Waals surface area contributed by atoms with Crippen LogP contribution in [0.15, 0.2) is 48.5 Å². The molecule has 0 bridgehead atoms. The van der Waals surface area contributed by atoms with E-state index in [-0.39, 0.29) is 11.8 Å². The van der Waals surface area contributed by atoms with Crippen molar-refractivity contribution < 1.29 is 9.67 Å². The summed E-state index contributed by atoms with van der Waals surface area (Å²) < 4.78 is 18.2. The number of hydrogen-bond donors (Lipinski definition) is 1. The lowest BCUT2D eigenvalue weighted by Gasteiger charge is -2.32. The SMILES string of the molecule is O=[P@]1(c2c(O)cccc2Cl)N(c2ccccc2)C[C@@H]2CCCN21. The van der Waals surface area contributed by atoms with Crippen molar-refractivity contribution in [3.05, 3.63) is 53.6 Å². The van der Waals surface area contributed by atoms with Gasteiger partial charge >= 0.3 is 0 Å². The van der Waals surface area contributed by atoms with E-state index >= 15 is 0 Å². The fourth-order valence-electron chi connectivity index (χ4n) is 3.72. The Labute approximate surface area is 140 Å². The van der Waals surface area contributed by atoms with Crippen LogP contribution >= 0.6 is 19.0 Å². The lowest BCUT2D eigenvalue weighted by atomic mass is 10.2. The molecule has 0 aromatic heterocycles. The second-order valence-electron chi connectivity index (χ2n) is 6.03. The number of halogens is 1. The van der Waals surface area contributed by atoms with Gasteiger partial charge in [0, 0.05) is 24.8 Å². The summed E-state index contributed by atoms with van der Waals surface area (Å²) >= 11 is 6.36. The largest absolute Gasteiger partial charge is 0.507 e. The number of fused-ring (bicyclic) bond motifs is 1. The van der Waals surface area contributed by atoms with Crippen molar-refractivity contribution >= 4 is 30.0 Å². The molecule has 2 saturated heterocycles. The Balaban J connectivity index is 1.92. The van der Waals surface area contributed by atoms with Crippen LogP contribution in [0.5, 0.6) is 5.75 Å². The van der Waals surface area contributed by atoms with E-state index in [0.29, 0.717) is 16.9 Å². The molecule has 0 spiro atoms. The highest BCUT2D eigenvalue weighted by atomic mass is 35.5. The molecule has 2 aliphatic heterocycles. The minimum absolute atomic E-state index is 0.00862. The van der Waals surface area contributed by atoms with Gasteiger partial charge in [0.25, 0.3) is 7.44 Å². The van der Waals surface area contributed by atoms with Crippen molar-refractivity contribution in [3.8, 4) is 5.75 Å². The Morgan fingerprint density at radius 1 is 1.13 bits per heavy atom. The molecule has 2 aromatic carbocycles. The highest BCUT2D eigenvalue weighted by Gasteiger charge is 2.53. The van der Waals surface area contributed by atoms with Crippen LogP contribution in [0.3, 0.4) is 0 Å². The van der Waals surface area contributed by atoms with Gasteiger partial charge in [-0.25, -0.2) is 4.67 Å². The second-order valence-corrected chi connectivity index (χ2v) is 8.97. The molecule has 1 N–H and O–H groups in total. The normalized spacial score (nSPS) is 27.3. The van der Waals surface area contributed by atoms with Gasteiger partial charge in [0.2, 0.25) is 0 Å². The maximum atomic E-state index is 14.2. The van der Waals surface area contributed by atoms with E-state index in [1.54, 1.807) is 18.2 Å². The molecule has 120 valence electrons. The zero-order valence-electron chi connectivity index (χ0n) is 12.6. The Hall–Kier alpha value is -1.48. The van der Waals surface area contributed by atoms with E-state index < -0.39 is 7.44 Å². The van der Waals surface area contributed by atoms with Gasteiger partial charge < -0.3 is 9.78 Å². The van der Waals surface area contributed by atoms with Crippen molar-refractivity contribution in [2.45, 2.75) is 18.9 Å². The monoisotopic (exact) mass is 348 g/mol. The number of hydrogen-bond acceptors (Lipinski definition) is 2. The quantitative estimate of drug-likeness (QED) is 0.837. The number of nitrogens with zero attached hydrogens (tertiary/aromatic N) is 2. The standard InChI is InChI=1S/C17H18ClN2O2P/c18-15-9-4-10-16(21)17(15)23(22)19-11-5-8-14(19)12-20(23)13-6-2-1-3-7-13/h1-4,6-7,9-10,14,21H,5,8,11-12H2/t14-,23-/m0/s1. The zero-order valence-corrected chi connectivity index (χ0v) is 14.3. The minimum Gasteiger partial charge on any atom is -0.507 e. The summed E-state index contributed by atoms with van der Waals surface area (Å²) in [5.74, 6) is 0.00862. The average molecular weight is 349 g/mol. The summed E-state index contributed by atoms with van der Waals surface area (Å²) in [5.41, 5.74) is 0.907. The molecular weight excluding hydrogens is 331 g/mol. The van der Waals surface area contributed by atoms with Crippen molar-refractivity contribution in [3.63, 3.8) is 0 Å². The van der Waals surface area contributed by atoms with Gasteiger partial charge in [-0.1, -0.05) is 35.9 Å². The van der Waals surface area contributed by atoms with Crippen LogP contribution in [-0.2, 0) is 4.57 Å². The summed E-state index contributed by atoms with van der Waals surface area (Å²) in [5, 5.41) is 11.1. The summed E-state index contributed by atoms with van der Waals surface area (Å²) in [6.07, 6.45) is 2.06. The Bertz CT molecular complexity index is 763. The molecule has 4 nitrogen and oxygen atoms in total. The first-order valence-corrected chi connectivity index (χ1v) is 9.79. The third-order valence-electron chi connectivity index (χ3n) is 4.72. The third kappa shape index (κ3) is 2.20. The molecule has 6 heteroatoms. The van der Waals surface area contributed by atoms with E-state index in [1.165, 1.54) is 0 Å². The maximum absolute atomic E-state index is 14.2. The lowest BCUT2D eigenvalue weighted by molar-refractivity contribution is 0.433. The molecule has 2 aliphatic rings. The van der Waals surface area contributed by atoms with E-state index in [1.807, 2.05) is 35.0 Å². The molecular formula is C17H18ClN2O2P. The fourth-order valence-corrected chi connectivity index (χ4v) is 7.62. The van der Waals surface area contributed by atoms with Crippen LogP contribution in [0, 0.1) is 0 Å². The predicted octanol–water partition coefficient (Wildman–Crippen LogP) is 3.85. The Kier molecular flexibility index (Phi) is 3.64. The molecule has 4 rings (SSSR count). The number of phenolic OH excluding ortho intramolecular Hbond substituents is 1. The maximum Gasteiger partial charge on any atom is 0.274 e. The summed E-state index contributed by atoms with van der Waals surface area (Å²) in [6.45, 7) is 1.47. The van der Waals surface area contributed by atoms with Crippen molar-refractivity contribution in [2.75, 3.05) is 17.8 Å². The average Bonchev–Trinajstić information content (AvgIpc) is 3.11. The highest BCUT2D eigenvalue weighted by Crippen LogP contribution is 2.63. The zero-order chi connectivity index (χ0) is 16.0. The topological polar surface area (TPSA) is 43.8 Å². The molecule has 0 amide bonds. The highest BCUT2D eigenvalue weighted by molar-refractivity contribution is 7.71. The summed E-state index contributed by atoms with van der Waals surface area (Å²) in [4.78, 5) is 0. The van der Waals surface area contributed by atoms with Gasteiger partial charge in [0.15, 0.2) is 0 Å². The molecule has 0 saturated carbocycles. The van der Waals surface area contributed by atoms with Gasteiger partial charge in [0.1, 0.15) is 11.1 Å². The molecule has 2 fully saturated rings. The molecule has 2 atom stereocenters.